The number of methoxy groups -OCH3 is 2. The van der Waals surface area contributed by atoms with E-state index in [0.717, 1.165) is 108 Å². The fourth-order valence-corrected chi connectivity index (χ4v) is 7.13. The van der Waals surface area contributed by atoms with Crippen molar-refractivity contribution in [3.8, 4) is 24.7 Å². The Labute approximate surface area is 285 Å². The summed E-state index contributed by atoms with van der Waals surface area (Å²) in [6.07, 6.45) is 20.9. The normalized spacial score (nSPS) is 20.7. The van der Waals surface area contributed by atoms with E-state index in [4.69, 9.17) is 22.3 Å². The first-order valence-electron chi connectivity index (χ1n) is 17.3. The zero-order chi connectivity index (χ0) is 34.2. The lowest BCUT2D eigenvalue weighted by Crippen LogP contribution is -2.25. The van der Waals surface area contributed by atoms with Crippen LogP contribution in [0.4, 0.5) is 0 Å². The molecular formula is C42H46N2O4. The molecule has 0 amide bonds. The molecule has 2 saturated carbocycles. The molecule has 248 valence electrons. The van der Waals surface area contributed by atoms with Crippen LogP contribution in [0.1, 0.15) is 108 Å². The Morgan fingerprint density at radius 1 is 0.646 bits per heavy atom. The smallest absolute Gasteiger partial charge is 0.165 e. The fourth-order valence-electron chi connectivity index (χ4n) is 7.13. The molecule has 0 unspecified atom stereocenters. The van der Waals surface area contributed by atoms with E-state index in [1.54, 1.807) is 14.2 Å². The SMILES string of the molecule is C#Cc1nc2ccc(C(=O)C3CCC(OC)CC3)cc2cc1CC.C#Cc1nc2ccc(C(=O)C3CCC(OC)CC3)cc2cc1CC. The van der Waals surface area contributed by atoms with E-state index in [2.05, 4.69) is 47.8 Å². The van der Waals surface area contributed by atoms with Crippen LogP contribution in [0.3, 0.4) is 0 Å². The molecule has 2 aliphatic rings. The summed E-state index contributed by atoms with van der Waals surface area (Å²) in [7, 11) is 3.50. The zero-order valence-corrected chi connectivity index (χ0v) is 28.7. The molecule has 6 nitrogen and oxygen atoms in total. The van der Waals surface area contributed by atoms with Crippen LogP contribution in [-0.2, 0) is 22.3 Å². The number of hydrogen-bond donors (Lipinski definition) is 0. The molecular weight excluding hydrogens is 596 g/mol. The number of fused-ring (bicyclic) bond motifs is 2. The van der Waals surface area contributed by atoms with Gasteiger partial charge >= 0.3 is 0 Å². The van der Waals surface area contributed by atoms with Crippen molar-refractivity contribution in [2.24, 2.45) is 11.8 Å². The van der Waals surface area contributed by atoms with Crippen LogP contribution in [0, 0.1) is 36.5 Å². The third kappa shape index (κ3) is 7.84. The van der Waals surface area contributed by atoms with Gasteiger partial charge < -0.3 is 9.47 Å². The minimum absolute atomic E-state index is 0.109. The number of ketones is 2. The minimum atomic E-state index is 0.109. The maximum absolute atomic E-state index is 12.8. The van der Waals surface area contributed by atoms with Gasteiger partial charge in [0.2, 0.25) is 0 Å². The average Bonchev–Trinajstić information content (AvgIpc) is 3.15. The minimum Gasteiger partial charge on any atom is -0.381 e. The van der Waals surface area contributed by atoms with E-state index in [1.807, 2.05) is 36.4 Å². The van der Waals surface area contributed by atoms with Gasteiger partial charge in [0, 0.05) is 48.0 Å². The number of carbonyl (C=O) groups excluding carboxylic acids is 2. The Morgan fingerprint density at radius 2 is 1.02 bits per heavy atom. The average molecular weight is 643 g/mol. The van der Waals surface area contributed by atoms with Gasteiger partial charge in [-0.2, -0.15) is 0 Å². The zero-order valence-electron chi connectivity index (χ0n) is 28.7. The molecule has 0 radical (unpaired) electrons. The molecule has 48 heavy (non-hydrogen) atoms. The predicted octanol–water partition coefficient (Wildman–Crippen LogP) is 8.33. The van der Waals surface area contributed by atoms with Crippen molar-refractivity contribution >= 4 is 33.4 Å². The molecule has 2 aromatic carbocycles. The topological polar surface area (TPSA) is 78.4 Å². The van der Waals surface area contributed by atoms with E-state index in [-0.39, 0.29) is 23.4 Å². The molecule has 0 aliphatic heterocycles. The summed E-state index contributed by atoms with van der Waals surface area (Å²) in [5.41, 5.74) is 6.75. The highest BCUT2D eigenvalue weighted by molar-refractivity contribution is 6.01. The van der Waals surface area contributed by atoms with E-state index >= 15 is 0 Å². The van der Waals surface area contributed by atoms with E-state index in [9.17, 15) is 9.59 Å². The van der Waals surface area contributed by atoms with Gasteiger partial charge in [0.15, 0.2) is 11.6 Å². The summed E-state index contributed by atoms with van der Waals surface area (Å²) in [6, 6.07) is 15.6. The Balaban J connectivity index is 0.000000188. The van der Waals surface area contributed by atoms with E-state index in [1.165, 1.54) is 0 Å². The number of pyridine rings is 2. The Kier molecular flexibility index (Phi) is 11.8. The van der Waals surface area contributed by atoms with Crippen molar-refractivity contribution in [1.82, 2.24) is 9.97 Å². The van der Waals surface area contributed by atoms with Crippen molar-refractivity contribution in [2.75, 3.05) is 14.2 Å². The number of rotatable bonds is 8. The van der Waals surface area contributed by atoms with Crippen LogP contribution in [0.5, 0.6) is 0 Å². The molecule has 0 N–H and O–H groups in total. The van der Waals surface area contributed by atoms with Gasteiger partial charge in [0.25, 0.3) is 0 Å². The number of nitrogens with zero attached hydrogens (tertiary/aromatic N) is 2. The molecule has 0 bridgehead atoms. The summed E-state index contributed by atoms with van der Waals surface area (Å²) in [5, 5.41) is 1.98. The molecule has 0 saturated heterocycles. The molecule has 2 fully saturated rings. The van der Waals surface area contributed by atoms with Gasteiger partial charge in [-0.3, -0.25) is 9.59 Å². The molecule has 4 aromatic rings. The number of terminal acetylenes is 2. The molecule has 2 aromatic heterocycles. The van der Waals surface area contributed by atoms with Crippen LogP contribution in [0.2, 0.25) is 0 Å². The highest BCUT2D eigenvalue weighted by atomic mass is 16.5. The van der Waals surface area contributed by atoms with E-state index in [0.29, 0.717) is 23.6 Å². The van der Waals surface area contributed by atoms with Gasteiger partial charge in [-0.05, 0) is 136 Å². The standard InChI is InChI=1S/2C21H23NO2/c2*1-4-14-12-17-13-16(8-11-20(17)22-19(14)5-2)21(23)15-6-9-18(24-3)10-7-15/h2*2,8,11-13,15,18H,4,6-7,9-10H2,1,3H3. The van der Waals surface area contributed by atoms with Crippen molar-refractivity contribution in [1.29, 1.82) is 0 Å². The van der Waals surface area contributed by atoms with Crippen molar-refractivity contribution in [3.63, 3.8) is 0 Å². The predicted molar refractivity (Wildman–Crippen MR) is 192 cm³/mol. The highest BCUT2D eigenvalue weighted by Crippen LogP contribution is 2.31. The van der Waals surface area contributed by atoms with Gasteiger partial charge in [-0.25, -0.2) is 9.97 Å². The lowest BCUT2D eigenvalue weighted by Gasteiger charge is -2.26. The molecule has 0 atom stereocenters. The Hall–Kier alpha value is -4.36. The molecule has 2 aliphatic carbocycles. The first kappa shape index (κ1) is 35.0. The Morgan fingerprint density at radius 3 is 1.33 bits per heavy atom. The summed E-state index contributed by atoms with van der Waals surface area (Å²) in [4.78, 5) is 34.7. The summed E-state index contributed by atoms with van der Waals surface area (Å²) >= 11 is 0. The van der Waals surface area contributed by atoms with Gasteiger partial charge in [-0.15, -0.1) is 12.8 Å². The quantitative estimate of drug-likeness (QED) is 0.142. The van der Waals surface area contributed by atoms with Crippen molar-refractivity contribution < 1.29 is 19.1 Å². The van der Waals surface area contributed by atoms with Crippen molar-refractivity contribution in [3.05, 3.63) is 82.2 Å². The lowest BCUT2D eigenvalue weighted by atomic mass is 9.82. The second-order valence-electron chi connectivity index (χ2n) is 13.0. The van der Waals surface area contributed by atoms with Crippen LogP contribution >= 0.6 is 0 Å². The largest absolute Gasteiger partial charge is 0.381 e. The van der Waals surface area contributed by atoms with Crippen molar-refractivity contribution in [2.45, 2.75) is 90.3 Å². The number of aromatic nitrogens is 2. The van der Waals surface area contributed by atoms with Crippen LogP contribution in [-0.4, -0.2) is 48.0 Å². The fraction of sp³-hybridized carbons (Fsp3) is 0.429. The summed E-state index contributed by atoms with van der Waals surface area (Å²) in [5.74, 6) is 5.99. The number of carbonyl (C=O) groups is 2. The highest BCUT2D eigenvalue weighted by Gasteiger charge is 2.28. The third-order valence-corrected chi connectivity index (χ3v) is 10.1. The first-order chi connectivity index (χ1) is 23.3. The van der Waals surface area contributed by atoms with Crippen LogP contribution in [0.15, 0.2) is 48.5 Å². The molecule has 6 rings (SSSR count). The summed E-state index contributed by atoms with van der Waals surface area (Å²) in [6.45, 7) is 4.12. The first-order valence-corrected chi connectivity index (χ1v) is 17.3. The maximum atomic E-state index is 12.8. The number of benzene rings is 2. The van der Waals surface area contributed by atoms with Gasteiger partial charge in [0.05, 0.1) is 23.2 Å². The van der Waals surface area contributed by atoms with Crippen LogP contribution < -0.4 is 0 Å². The molecule has 0 spiro atoms. The van der Waals surface area contributed by atoms with Gasteiger partial charge in [0.1, 0.15) is 11.4 Å². The summed E-state index contributed by atoms with van der Waals surface area (Å²) < 4.78 is 10.8. The number of hydrogen-bond acceptors (Lipinski definition) is 6. The monoisotopic (exact) mass is 642 g/mol. The Bertz CT molecular complexity index is 1730. The molecule has 6 heteroatoms. The number of ether oxygens (including phenoxy) is 2. The third-order valence-electron chi connectivity index (χ3n) is 10.1. The second kappa shape index (κ2) is 16.2. The second-order valence-corrected chi connectivity index (χ2v) is 13.0. The number of aryl methyl sites for hydroxylation is 2. The van der Waals surface area contributed by atoms with E-state index < -0.39 is 0 Å². The lowest BCUT2D eigenvalue weighted by molar-refractivity contribution is 0.0515. The maximum Gasteiger partial charge on any atom is 0.165 e. The molecule has 2 heterocycles. The van der Waals surface area contributed by atoms with Gasteiger partial charge in [-0.1, -0.05) is 13.8 Å². The van der Waals surface area contributed by atoms with Crippen LogP contribution in [0.25, 0.3) is 21.8 Å². The number of Topliss-reactive ketones (excluding diaryl/α,β-unsaturated/α-hetero) is 2.